The zero-order valence-electron chi connectivity index (χ0n) is 19.3. The van der Waals surface area contributed by atoms with Crippen molar-refractivity contribution in [1.29, 1.82) is 5.26 Å². The Bertz CT molecular complexity index is 1130. The molecule has 33 heavy (non-hydrogen) atoms. The summed E-state index contributed by atoms with van der Waals surface area (Å²) in [6.45, 7) is 1.62. The van der Waals surface area contributed by atoms with Crippen LogP contribution in [0.25, 0.3) is 0 Å². The molecule has 0 unspecified atom stereocenters. The lowest BCUT2D eigenvalue weighted by molar-refractivity contribution is -0.0389. The molecule has 1 aromatic heterocycles. The van der Waals surface area contributed by atoms with Crippen molar-refractivity contribution >= 4 is 17.1 Å². The van der Waals surface area contributed by atoms with Crippen molar-refractivity contribution in [2.75, 3.05) is 37.7 Å². The van der Waals surface area contributed by atoms with Gasteiger partial charge in [-0.1, -0.05) is 12.1 Å². The molecule has 6 nitrogen and oxygen atoms in total. The van der Waals surface area contributed by atoms with Crippen LogP contribution in [0.15, 0.2) is 60.9 Å². The Morgan fingerprint density at radius 1 is 1.18 bits per heavy atom. The summed E-state index contributed by atoms with van der Waals surface area (Å²) in [5, 5.41) is 12.8. The molecule has 1 aliphatic rings. The SMILES string of the molecule is COCOCc1ccncc1NC[C@@H]1CCCc2cc(N(C)c3cccc(C#N)c3)ccc21. The van der Waals surface area contributed by atoms with Gasteiger partial charge in [-0.2, -0.15) is 5.26 Å². The second kappa shape index (κ2) is 11.0. The average molecular weight is 443 g/mol. The Balaban J connectivity index is 1.47. The minimum absolute atomic E-state index is 0.273. The van der Waals surface area contributed by atoms with Gasteiger partial charge in [-0.3, -0.25) is 4.98 Å². The van der Waals surface area contributed by atoms with Crippen LogP contribution in [-0.4, -0.2) is 32.5 Å². The lowest BCUT2D eigenvalue weighted by Gasteiger charge is -2.28. The first-order valence-electron chi connectivity index (χ1n) is 11.3. The van der Waals surface area contributed by atoms with E-state index in [1.807, 2.05) is 36.5 Å². The van der Waals surface area contributed by atoms with Gasteiger partial charge in [-0.25, -0.2) is 0 Å². The van der Waals surface area contributed by atoms with Crippen LogP contribution in [0.2, 0.25) is 0 Å². The number of hydrogen-bond donors (Lipinski definition) is 1. The standard InChI is InChI=1S/C27H30N4O2/c1-31(24-8-3-5-20(13-24)15-28)25-9-10-26-21(14-25)6-4-7-22(26)16-30-27-17-29-12-11-23(27)18-33-19-32-2/h3,5,8-14,17,22,30H,4,6-7,16,18-19H2,1-2H3/t22-/m0/s1. The van der Waals surface area contributed by atoms with Gasteiger partial charge in [0.2, 0.25) is 0 Å². The monoisotopic (exact) mass is 442 g/mol. The maximum atomic E-state index is 9.21. The van der Waals surface area contributed by atoms with Gasteiger partial charge in [0.05, 0.1) is 30.1 Å². The number of pyridine rings is 1. The van der Waals surface area contributed by atoms with Gasteiger partial charge in [0.15, 0.2) is 0 Å². The fraction of sp³-hybridized carbons (Fsp3) is 0.333. The Hall–Kier alpha value is -3.40. The molecule has 0 fully saturated rings. The summed E-state index contributed by atoms with van der Waals surface area (Å²) in [7, 11) is 3.68. The number of hydrogen-bond acceptors (Lipinski definition) is 6. The highest BCUT2D eigenvalue weighted by atomic mass is 16.7. The molecule has 1 heterocycles. The Labute approximate surface area is 195 Å². The first kappa shape index (κ1) is 22.8. The second-order valence-electron chi connectivity index (χ2n) is 8.36. The van der Waals surface area contributed by atoms with Crippen LogP contribution in [0.3, 0.4) is 0 Å². The highest BCUT2D eigenvalue weighted by Crippen LogP contribution is 2.35. The first-order chi connectivity index (χ1) is 16.2. The number of aromatic nitrogens is 1. The molecule has 0 bridgehead atoms. The molecule has 6 heteroatoms. The Morgan fingerprint density at radius 3 is 2.91 bits per heavy atom. The van der Waals surface area contributed by atoms with Crippen LogP contribution in [-0.2, 0) is 22.5 Å². The fourth-order valence-corrected chi connectivity index (χ4v) is 4.43. The van der Waals surface area contributed by atoms with Gasteiger partial charge in [0, 0.05) is 49.8 Å². The molecule has 0 saturated heterocycles. The Kier molecular flexibility index (Phi) is 7.56. The predicted octanol–water partition coefficient (Wildman–Crippen LogP) is 5.37. The molecule has 0 aliphatic heterocycles. The molecule has 1 atom stereocenters. The molecular formula is C27H30N4O2. The highest BCUT2D eigenvalue weighted by Gasteiger charge is 2.21. The number of rotatable bonds is 9. The lowest BCUT2D eigenvalue weighted by Crippen LogP contribution is -2.19. The largest absolute Gasteiger partial charge is 0.383 e. The average Bonchev–Trinajstić information content (AvgIpc) is 2.87. The van der Waals surface area contributed by atoms with Crippen molar-refractivity contribution < 1.29 is 9.47 Å². The summed E-state index contributed by atoms with van der Waals surface area (Å²) in [6.07, 6.45) is 7.08. The van der Waals surface area contributed by atoms with Gasteiger partial charge in [-0.05, 0) is 66.8 Å². The van der Waals surface area contributed by atoms with E-state index in [1.54, 1.807) is 13.3 Å². The molecule has 0 saturated carbocycles. The van der Waals surface area contributed by atoms with E-state index in [2.05, 4.69) is 46.5 Å². The van der Waals surface area contributed by atoms with Gasteiger partial charge >= 0.3 is 0 Å². The zero-order chi connectivity index (χ0) is 23.0. The number of methoxy groups -OCH3 is 1. The summed E-state index contributed by atoms with van der Waals surface area (Å²) in [6, 6.07) is 18.7. The number of anilines is 3. The quantitative estimate of drug-likeness (QED) is 0.355. The van der Waals surface area contributed by atoms with E-state index in [4.69, 9.17) is 9.47 Å². The molecule has 0 spiro atoms. The van der Waals surface area contributed by atoms with Gasteiger partial charge in [0.25, 0.3) is 0 Å². The molecular weight excluding hydrogens is 412 g/mol. The summed E-state index contributed by atoms with van der Waals surface area (Å²) in [5.74, 6) is 0.447. The molecule has 2 aromatic carbocycles. The van der Waals surface area contributed by atoms with Crippen LogP contribution in [0.5, 0.6) is 0 Å². The van der Waals surface area contributed by atoms with E-state index >= 15 is 0 Å². The fourth-order valence-electron chi connectivity index (χ4n) is 4.43. The third-order valence-corrected chi connectivity index (χ3v) is 6.22. The van der Waals surface area contributed by atoms with Crippen molar-refractivity contribution in [3.8, 4) is 6.07 Å². The third kappa shape index (κ3) is 5.51. The molecule has 0 radical (unpaired) electrons. The normalized spacial score (nSPS) is 14.9. The zero-order valence-corrected chi connectivity index (χ0v) is 19.3. The lowest BCUT2D eigenvalue weighted by atomic mass is 9.82. The van der Waals surface area contributed by atoms with E-state index in [0.29, 0.717) is 18.1 Å². The van der Waals surface area contributed by atoms with Crippen LogP contribution in [0.4, 0.5) is 17.1 Å². The highest BCUT2D eigenvalue weighted by molar-refractivity contribution is 5.65. The molecule has 0 amide bonds. The van der Waals surface area contributed by atoms with E-state index in [9.17, 15) is 5.26 Å². The number of aryl methyl sites for hydroxylation is 1. The maximum Gasteiger partial charge on any atom is 0.146 e. The van der Waals surface area contributed by atoms with Crippen LogP contribution < -0.4 is 10.2 Å². The van der Waals surface area contributed by atoms with E-state index in [1.165, 1.54) is 17.5 Å². The van der Waals surface area contributed by atoms with Gasteiger partial charge < -0.3 is 19.7 Å². The third-order valence-electron chi connectivity index (χ3n) is 6.22. The van der Waals surface area contributed by atoms with Crippen molar-refractivity contribution in [2.24, 2.45) is 0 Å². The van der Waals surface area contributed by atoms with Gasteiger partial charge in [0.1, 0.15) is 6.79 Å². The smallest absolute Gasteiger partial charge is 0.146 e. The molecule has 170 valence electrons. The molecule has 4 rings (SSSR count). The number of nitrogens with one attached hydrogen (secondary N) is 1. The van der Waals surface area contributed by atoms with Crippen molar-refractivity contribution in [3.63, 3.8) is 0 Å². The number of benzene rings is 2. The summed E-state index contributed by atoms with van der Waals surface area (Å²) >= 11 is 0. The summed E-state index contributed by atoms with van der Waals surface area (Å²) in [5.41, 5.74) is 7.74. The minimum Gasteiger partial charge on any atom is -0.383 e. The van der Waals surface area contributed by atoms with Crippen LogP contribution in [0, 0.1) is 11.3 Å². The van der Waals surface area contributed by atoms with Crippen molar-refractivity contribution in [2.45, 2.75) is 31.8 Å². The summed E-state index contributed by atoms with van der Waals surface area (Å²) < 4.78 is 10.5. The first-order valence-corrected chi connectivity index (χ1v) is 11.3. The number of nitriles is 1. The van der Waals surface area contributed by atoms with Crippen molar-refractivity contribution in [3.05, 3.63) is 83.2 Å². The number of ether oxygens (including phenoxy) is 2. The minimum atomic E-state index is 0.273. The van der Waals surface area contributed by atoms with E-state index in [0.717, 1.165) is 42.0 Å². The van der Waals surface area contributed by atoms with Crippen LogP contribution >= 0.6 is 0 Å². The van der Waals surface area contributed by atoms with Gasteiger partial charge in [-0.15, -0.1) is 0 Å². The second-order valence-corrected chi connectivity index (χ2v) is 8.36. The maximum absolute atomic E-state index is 9.21. The predicted molar refractivity (Wildman–Crippen MR) is 131 cm³/mol. The molecule has 1 aliphatic carbocycles. The summed E-state index contributed by atoms with van der Waals surface area (Å²) in [4.78, 5) is 6.42. The van der Waals surface area contributed by atoms with E-state index in [-0.39, 0.29) is 6.79 Å². The topological polar surface area (TPSA) is 70.4 Å². The number of nitrogens with zero attached hydrogens (tertiary/aromatic N) is 3. The van der Waals surface area contributed by atoms with E-state index < -0.39 is 0 Å². The number of fused-ring (bicyclic) bond motifs is 1. The van der Waals surface area contributed by atoms with Crippen molar-refractivity contribution in [1.82, 2.24) is 4.98 Å². The molecule has 1 N–H and O–H groups in total. The molecule has 3 aromatic rings. The van der Waals surface area contributed by atoms with Crippen LogP contribution in [0.1, 0.15) is 41.0 Å². The Morgan fingerprint density at radius 2 is 2.06 bits per heavy atom.